The van der Waals surface area contributed by atoms with Gasteiger partial charge in [0.15, 0.2) is 11.5 Å². The zero-order valence-corrected chi connectivity index (χ0v) is 10.6. The fraction of sp³-hybridized carbons (Fsp3) is 0.385. The molecule has 0 radical (unpaired) electrons. The summed E-state index contributed by atoms with van der Waals surface area (Å²) in [5, 5.41) is 8.72. The molecule has 0 aliphatic carbocycles. The highest BCUT2D eigenvalue weighted by Crippen LogP contribution is 2.35. The summed E-state index contributed by atoms with van der Waals surface area (Å²) < 4.78 is 16.1. The fourth-order valence-corrected chi connectivity index (χ4v) is 2.23. The first kappa shape index (κ1) is 12.6. The molecule has 0 bridgehead atoms. The second kappa shape index (κ2) is 4.92. The lowest BCUT2D eigenvalue weighted by molar-refractivity contribution is -0.137. The van der Waals surface area contributed by atoms with Crippen molar-refractivity contribution in [1.29, 1.82) is 0 Å². The summed E-state index contributed by atoms with van der Waals surface area (Å²) in [6.45, 7) is 0.841. The SMILES string of the molecule is O=C(O)CN1CC(c2ccc3c(c2)OCCO3)OC1=O. The van der Waals surface area contributed by atoms with E-state index in [-0.39, 0.29) is 13.1 Å². The molecular formula is C13H13NO6. The van der Waals surface area contributed by atoms with Crippen LogP contribution in [-0.2, 0) is 9.53 Å². The molecule has 1 fully saturated rings. The van der Waals surface area contributed by atoms with Crippen molar-refractivity contribution in [2.45, 2.75) is 6.10 Å². The van der Waals surface area contributed by atoms with Gasteiger partial charge in [-0.15, -0.1) is 0 Å². The lowest BCUT2D eigenvalue weighted by atomic mass is 10.1. The Morgan fingerprint density at radius 1 is 1.30 bits per heavy atom. The van der Waals surface area contributed by atoms with Gasteiger partial charge in [-0.25, -0.2) is 4.79 Å². The van der Waals surface area contributed by atoms with Crippen LogP contribution in [0.3, 0.4) is 0 Å². The average Bonchev–Trinajstić information content (AvgIpc) is 2.79. The van der Waals surface area contributed by atoms with E-state index < -0.39 is 18.2 Å². The topological polar surface area (TPSA) is 85.3 Å². The van der Waals surface area contributed by atoms with E-state index in [1.807, 2.05) is 0 Å². The zero-order chi connectivity index (χ0) is 14.1. The number of carbonyl (C=O) groups is 2. The fourth-order valence-electron chi connectivity index (χ4n) is 2.23. The summed E-state index contributed by atoms with van der Waals surface area (Å²) in [6.07, 6.45) is -1.11. The van der Waals surface area contributed by atoms with E-state index >= 15 is 0 Å². The Bertz CT molecular complexity index is 558. The molecule has 0 saturated carbocycles. The summed E-state index contributed by atoms with van der Waals surface area (Å²) in [5.74, 6) is 0.206. The molecule has 2 aliphatic heterocycles. The van der Waals surface area contributed by atoms with Crippen molar-refractivity contribution in [2.24, 2.45) is 0 Å². The van der Waals surface area contributed by atoms with Gasteiger partial charge in [-0.2, -0.15) is 0 Å². The average molecular weight is 279 g/mol. The summed E-state index contributed by atoms with van der Waals surface area (Å²) in [6, 6.07) is 5.31. The smallest absolute Gasteiger partial charge is 0.411 e. The van der Waals surface area contributed by atoms with E-state index in [9.17, 15) is 9.59 Å². The minimum Gasteiger partial charge on any atom is -0.486 e. The second-order valence-electron chi connectivity index (χ2n) is 4.55. The van der Waals surface area contributed by atoms with Crippen molar-refractivity contribution in [2.75, 3.05) is 26.3 Å². The molecule has 1 amide bonds. The third kappa shape index (κ3) is 2.34. The van der Waals surface area contributed by atoms with Crippen molar-refractivity contribution in [3.8, 4) is 11.5 Å². The number of nitrogens with zero attached hydrogens (tertiary/aromatic N) is 1. The third-order valence-corrected chi connectivity index (χ3v) is 3.15. The van der Waals surface area contributed by atoms with Gasteiger partial charge < -0.3 is 19.3 Å². The van der Waals surface area contributed by atoms with Gasteiger partial charge >= 0.3 is 12.1 Å². The number of hydrogen-bond donors (Lipinski definition) is 1. The zero-order valence-electron chi connectivity index (χ0n) is 10.6. The lowest BCUT2D eigenvalue weighted by Crippen LogP contribution is -2.30. The van der Waals surface area contributed by atoms with Gasteiger partial charge in [0.05, 0.1) is 6.54 Å². The van der Waals surface area contributed by atoms with Crippen molar-refractivity contribution in [1.82, 2.24) is 4.90 Å². The van der Waals surface area contributed by atoms with Crippen LogP contribution in [0.4, 0.5) is 4.79 Å². The number of carboxylic acids is 1. The minimum atomic E-state index is -1.07. The van der Waals surface area contributed by atoms with E-state index in [4.69, 9.17) is 19.3 Å². The first-order valence-electron chi connectivity index (χ1n) is 6.20. The third-order valence-electron chi connectivity index (χ3n) is 3.15. The highest BCUT2D eigenvalue weighted by molar-refractivity contribution is 5.78. The normalized spacial score (nSPS) is 20.7. The molecule has 20 heavy (non-hydrogen) atoms. The molecule has 1 saturated heterocycles. The molecule has 0 aromatic heterocycles. The molecule has 1 N–H and O–H groups in total. The van der Waals surface area contributed by atoms with E-state index in [0.29, 0.717) is 24.7 Å². The van der Waals surface area contributed by atoms with Crippen LogP contribution in [0.1, 0.15) is 11.7 Å². The standard InChI is InChI=1S/C13H13NO6/c15-12(16)7-14-6-11(20-13(14)17)8-1-2-9-10(5-8)19-4-3-18-9/h1-2,5,11H,3-4,6-7H2,(H,15,16). The molecular weight excluding hydrogens is 266 g/mol. The number of cyclic esters (lactones) is 1. The number of carboxylic acid groups (broad SMARTS) is 1. The van der Waals surface area contributed by atoms with Crippen LogP contribution in [-0.4, -0.2) is 48.4 Å². The van der Waals surface area contributed by atoms with Gasteiger partial charge in [0.1, 0.15) is 25.9 Å². The number of ether oxygens (including phenoxy) is 3. The summed E-state index contributed by atoms with van der Waals surface area (Å²) >= 11 is 0. The van der Waals surface area contributed by atoms with E-state index in [2.05, 4.69) is 0 Å². The number of rotatable bonds is 3. The molecule has 1 aromatic carbocycles. The van der Waals surface area contributed by atoms with Crippen molar-refractivity contribution >= 4 is 12.1 Å². The highest BCUT2D eigenvalue weighted by Gasteiger charge is 2.34. The van der Waals surface area contributed by atoms with Crippen molar-refractivity contribution in [3.63, 3.8) is 0 Å². The maximum Gasteiger partial charge on any atom is 0.411 e. The maximum absolute atomic E-state index is 11.6. The Balaban J connectivity index is 1.77. The minimum absolute atomic E-state index is 0.213. The van der Waals surface area contributed by atoms with Crippen LogP contribution in [0, 0.1) is 0 Å². The molecule has 0 spiro atoms. The molecule has 1 atom stereocenters. The van der Waals surface area contributed by atoms with Crippen LogP contribution in [0.2, 0.25) is 0 Å². The highest BCUT2D eigenvalue weighted by atomic mass is 16.6. The molecule has 3 rings (SSSR count). The summed E-state index contributed by atoms with van der Waals surface area (Å²) in [7, 11) is 0. The molecule has 1 aromatic rings. The lowest BCUT2D eigenvalue weighted by Gasteiger charge is -2.19. The Labute approximate surface area is 114 Å². The molecule has 2 aliphatic rings. The van der Waals surface area contributed by atoms with E-state index in [1.165, 1.54) is 0 Å². The number of carbonyl (C=O) groups excluding carboxylic acids is 1. The Kier molecular flexibility index (Phi) is 3.09. The molecule has 106 valence electrons. The predicted octanol–water partition coefficient (Wildman–Crippen LogP) is 1.04. The monoisotopic (exact) mass is 279 g/mol. The van der Waals surface area contributed by atoms with Crippen LogP contribution in [0.5, 0.6) is 11.5 Å². The maximum atomic E-state index is 11.6. The molecule has 2 heterocycles. The van der Waals surface area contributed by atoms with Crippen molar-refractivity contribution in [3.05, 3.63) is 23.8 Å². The number of benzene rings is 1. The number of aliphatic carboxylic acids is 1. The van der Waals surface area contributed by atoms with E-state index in [1.54, 1.807) is 18.2 Å². The predicted molar refractivity (Wildman–Crippen MR) is 65.9 cm³/mol. The van der Waals surface area contributed by atoms with Gasteiger partial charge in [-0.05, 0) is 17.7 Å². The second-order valence-corrected chi connectivity index (χ2v) is 4.55. The number of fused-ring (bicyclic) bond motifs is 1. The number of hydrogen-bond acceptors (Lipinski definition) is 5. The van der Waals surface area contributed by atoms with Gasteiger partial charge in [-0.1, -0.05) is 6.07 Å². The van der Waals surface area contributed by atoms with Crippen molar-refractivity contribution < 1.29 is 28.9 Å². The first-order valence-corrected chi connectivity index (χ1v) is 6.20. The number of amides is 1. The quantitative estimate of drug-likeness (QED) is 0.889. The van der Waals surface area contributed by atoms with Crippen LogP contribution >= 0.6 is 0 Å². The van der Waals surface area contributed by atoms with Gasteiger partial charge in [-0.3, -0.25) is 9.69 Å². The van der Waals surface area contributed by atoms with Gasteiger partial charge in [0.25, 0.3) is 0 Å². The molecule has 1 unspecified atom stereocenters. The van der Waals surface area contributed by atoms with Gasteiger partial charge in [0, 0.05) is 0 Å². The first-order chi connectivity index (χ1) is 9.63. The Morgan fingerprint density at radius 3 is 2.80 bits per heavy atom. The summed E-state index contributed by atoms with van der Waals surface area (Å²) in [4.78, 5) is 23.4. The Morgan fingerprint density at radius 2 is 2.05 bits per heavy atom. The Hall–Kier alpha value is -2.44. The molecule has 7 nitrogen and oxygen atoms in total. The largest absolute Gasteiger partial charge is 0.486 e. The van der Waals surface area contributed by atoms with Crippen LogP contribution < -0.4 is 9.47 Å². The van der Waals surface area contributed by atoms with Crippen LogP contribution in [0.25, 0.3) is 0 Å². The molecule has 7 heteroatoms. The van der Waals surface area contributed by atoms with E-state index in [0.717, 1.165) is 10.5 Å². The summed E-state index contributed by atoms with van der Waals surface area (Å²) in [5.41, 5.74) is 0.760. The van der Waals surface area contributed by atoms with Crippen LogP contribution in [0.15, 0.2) is 18.2 Å². The van der Waals surface area contributed by atoms with Gasteiger partial charge in [0.2, 0.25) is 0 Å².